The summed E-state index contributed by atoms with van der Waals surface area (Å²) in [6.07, 6.45) is 5.18. The molecule has 1 N–H and O–H groups in total. The Hall–Kier alpha value is -1.54. The van der Waals surface area contributed by atoms with E-state index in [0.29, 0.717) is 12.1 Å². The third-order valence-electron chi connectivity index (χ3n) is 4.16. The zero-order chi connectivity index (χ0) is 13.8. The molecule has 2 nitrogen and oxygen atoms in total. The fraction of sp³-hybridized carbons (Fsp3) is 0.444. The van der Waals surface area contributed by atoms with Crippen LogP contribution in [-0.2, 0) is 0 Å². The summed E-state index contributed by atoms with van der Waals surface area (Å²) in [4.78, 5) is 0. The normalized spacial score (nSPS) is 22.9. The molecule has 0 amide bonds. The molecule has 2 aromatic rings. The standard InChI is InChI=1S/C18H23NO/c1-2-19-15-9-6-10-16(13-15)20-18-12-5-8-14-7-3-4-11-17(14)18/h3-5,7-8,11-12,15-16,19H,2,6,9-10,13H2,1H3. The highest BCUT2D eigenvalue weighted by Crippen LogP contribution is 2.29. The molecule has 0 spiro atoms. The Kier molecular flexibility index (Phi) is 4.22. The molecule has 20 heavy (non-hydrogen) atoms. The van der Waals surface area contributed by atoms with Crippen molar-refractivity contribution in [3.05, 3.63) is 42.5 Å². The lowest BCUT2D eigenvalue weighted by Crippen LogP contribution is -2.37. The quantitative estimate of drug-likeness (QED) is 0.900. The molecule has 3 rings (SSSR count). The summed E-state index contributed by atoms with van der Waals surface area (Å²) < 4.78 is 6.31. The minimum atomic E-state index is 0.346. The monoisotopic (exact) mass is 269 g/mol. The average molecular weight is 269 g/mol. The van der Waals surface area contributed by atoms with Crippen LogP contribution in [0.3, 0.4) is 0 Å². The maximum absolute atomic E-state index is 6.31. The zero-order valence-electron chi connectivity index (χ0n) is 12.1. The fourth-order valence-corrected chi connectivity index (χ4v) is 3.20. The number of nitrogens with one attached hydrogen (secondary N) is 1. The molecule has 1 aliphatic carbocycles. The van der Waals surface area contributed by atoms with Crippen molar-refractivity contribution < 1.29 is 4.74 Å². The first-order valence-electron chi connectivity index (χ1n) is 7.74. The molecule has 0 aliphatic heterocycles. The molecule has 0 bridgehead atoms. The molecule has 1 fully saturated rings. The molecule has 2 unspecified atom stereocenters. The summed E-state index contributed by atoms with van der Waals surface area (Å²) in [7, 11) is 0. The summed E-state index contributed by atoms with van der Waals surface area (Å²) in [6.45, 7) is 3.22. The first kappa shape index (κ1) is 13.4. The van der Waals surface area contributed by atoms with Gasteiger partial charge in [-0.15, -0.1) is 0 Å². The lowest BCUT2D eigenvalue weighted by atomic mass is 9.92. The number of hydrogen-bond donors (Lipinski definition) is 1. The van der Waals surface area contributed by atoms with E-state index in [1.807, 2.05) is 0 Å². The Morgan fingerprint density at radius 1 is 1.10 bits per heavy atom. The third-order valence-corrected chi connectivity index (χ3v) is 4.16. The summed E-state index contributed by atoms with van der Waals surface area (Å²) >= 11 is 0. The lowest BCUT2D eigenvalue weighted by molar-refractivity contribution is 0.137. The van der Waals surface area contributed by atoms with E-state index in [1.165, 1.54) is 30.0 Å². The molecular weight excluding hydrogens is 246 g/mol. The fourth-order valence-electron chi connectivity index (χ4n) is 3.20. The number of fused-ring (bicyclic) bond motifs is 1. The van der Waals surface area contributed by atoms with Crippen LogP contribution in [0.2, 0.25) is 0 Å². The van der Waals surface area contributed by atoms with Gasteiger partial charge in [0.2, 0.25) is 0 Å². The average Bonchev–Trinajstić information content (AvgIpc) is 2.48. The maximum atomic E-state index is 6.31. The van der Waals surface area contributed by atoms with Gasteiger partial charge in [0.05, 0.1) is 0 Å². The molecular formula is C18H23NO. The van der Waals surface area contributed by atoms with Crippen molar-refractivity contribution in [2.75, 3.05) is 6.54 Å². The van der Waals surface area contributed by atoms with Gasteiger partial charge in [0.15, 0.2) is 0 Å². The number of benzene rings is 2. The minimum absolute atomic E-state index is 0.346. The van der Waals surface area contributed by atoms with Crippen LogP contribution in [0.4, 0.5) is 0 Å². The largest absolute Gasteiger partial charge is 0.490 e. The van der Waals surface area contributed by atoms with E-state index in [-0.39, 0.29) is 0 Å². The van der Waals surface area contributed by atoms with Gasteiger partial charge in [-0.1, -0.05) is 43.3 Å². The van der Waals surface area contributed by atoms with E-state index in [0.717, 1.165) is 18.7 Å². The van der Waals surface area contributed by atoms with E-state index >= 15 is 0 Å². The van der Waals surface area contributed by atoms with Crippen molar-refractivity contribution in [2.24, 2.45) is 0 Å². The molecule has 106 valence electrons. The summed E-state index contributed by atoms with van der Waals surface area (Å²) in [5.41, 5.74) is 0. The molecule has 0 radical (unpaired) electrons. The molecule has 0 heterocycles. The molecule has 0 saturated heterocycles. The maximum Gasteiger partial charge on any atom is 0.127 e. The predicted octanol–water partition coefficient (Wildman–Crippen LogP) is 4.14. The molecule has 1 aliphatic rings. The Morgan fingerprint density at radius 2 is 1.95 bits per heavy atom. The highest BCUT2D eigenvalue weighted by molar-refractivity contribution is 5.88. The second-order valence-corrected chi connectivity index (χ2v) is 5.64. The van der Waals surface area contributed by atoms with Gasteiger partial charge in [0.1, 0.15) is 11.9 Å². The van der Waals surface area contributed by atoms with Crippen molar-refractivity contribution in [2.45, 2.75) is 44.8 Å². The van der Waals surface area contributed by atoms with Crippen LogP contribution in [0.1, 0.15) is 32.6 Å². The molecule has 1 saturated carbocycles. The van der Waals surface area contributed by atoms with E-state index in [1.54, 1.807) is 0 Å². The highest BCUT2D eigenvalue weighted by atomic mass is 16.5. The van der Waals surface area contributed by atoms with Crippen LogP contribution < -0.4 is 10.1 Å². The Bertz CT molecular complexity index is 559. The van der Waals surface area contributed by atoms with Gasteiger partial charge < -0.3 is 10.1 Å². The number of rotatable bonds is 4. The Labute approximate surface area is 121 Å². The minimum Gasteiger partial charge on any atom is -0.490 e. The summed E-state index contributed by atoms with van der Waals surface area (Å²) in [5, 5.41) is 6.03. The van der Waals surface area contributed by atoms with Gasteiger partial charge in [0, 0.05) is 11.4 Å². The number of ether oxygens (including phenoxy) is 1. The van der Waals surface area contributed by atoms with Crippen molar-refractivity contribution in [3.63, 3.8) is 0 Å². The number of hydrogen-bond acceptors (Lipinski definition) is 2. The van der Waals surface area contributed by atoms with Crippen molar-refractivity contribution in [3.8, 4) is 5.75 Å². The lowest BCUT2D eigenvalue weighted by Gasteiger charge is -2.30. The first-order valence-corrected chi connectivity index (χ1v) is 7.74. The van der Waals surface area contributed by atoms with Gasteiger partial charge in [-0.3, -0.25) is 0 Å². The van der Waals surface area contributed by atoms with Crippen LogP contribution in [0, 0.1) is 0 Å². The van der Waals surface area contributed by atoms with Gasteiger partial charge in [-0.25, -0.2) is 0 Å². The summed E-state index contributed by atoms with van der Waals surface area (Å²) in [5.74, 6) is 1.03. The molecule has 2 heteroatoms. The predicted molar refractivity (Wildman–Crippen MR) is 84.3 cm³/mol. The van der Waals surface area contributed by atoms with Crippen molar-refractivity contribution in [1.82, 2.24) is 5.32 Å². The molecule has 2 aromatic carbocycles. The van der Waals surface area contributed by atoms with Crippen molar-refractivity contribution in [1.29, 1.82) is 0 Å². The van der Waals surface area contributed by atoms with Crippen LogP contribution >= 0.6 is 0 Å². The zero-order valence-corrected chi connectivity index (χ0v) is 12.1. The third kappa shape index (κ3) is 2.96. The Balaban J connectivity index is 1.76. The van der Waals surface area contributed by atoms with Crippen LogP contribution in [0.5, 0.6) is 5.75 Å². The van der Waals surface area contributed by atoms with E-state index in [2.05, 4.69) is 54.7 Å². The second-order valence-electron chi connectivity index (χ2n) is 5.64. The highest BCUT2D eigenvalue weighted by Gasteiger charge is 2.22. The van der Waals surface area contributed by atoms with Crippen LogP contribution in [0.15, 0.2) is 42.5 Å². The van der Waals surface area contributed by atoms with Gasteiger partial charge in [-0.2, -0.15) is 0 Å². The smallest absolute Gasteiger partial charge is 0.127 e. The van der Waals surface area contributed by atoms with E-state index in [4.69, 9.17) is 4.74 Å². The van der Waals surface area contributed by atoms with Gasteiger partial charge in [0.25, 0.3) is 0 Å². The Morgan fingerprint density at radius 3 is 2.85 bits per heavy atom. The SMILES string of the molecule is CCNC1CCCC(Oc2cccc3ccccc23)C1. The second kappa shape index (κ2) is 6.27. The van der Waals surface area contributed by atoms with Crippen LogP contribution in [0.25, 0.3) is 10.8 Å². The topological polar surface area (TPSA) is 21.3 Å². The van der Waals surface area contributed by atoms with Gasteiger partial charge in [-0.05, 0) is 43.7 Å². The van der Waals surface area contributed by atoms with Crippen LogP contribution in [-0.4, -0.2) is 18.7 Å². The van der Waals surface area contributed by atoms with Gasteiger partial charge >= 0.3 is 0 Å². The van der Waals surface area contributed by atoms with E-state index in [9.17, 15) is 0 Å². The first-order chi connectivity index (χ1) is 9.86. The van der Waals surface area contributed by atoms with Crippen molar-refractivity contribution >= 4 is 10.8 Å². The molecule has 0 aromatic heterocycles. The van der Waals surface area contributed by atoms with E-state index < -0.39 is 0 Å². The molecule has 2 atom stereocenters. The summed E-state index contributed by atoms with van der Waals surface area (Å²) in [6, 6.07) is 15.4.